The molecule has 1 aliphatic rings. The van der Waals surface area contributed by atoms with E-state index in [9.17, 15) is 18.0 Å². The van der Waals surface area contributed by atoms with Crippen molar-refractivity contribution in [2.45, 2.75) is 11.4 Å². The van der Waals surface area contributed by atoms with Gasteiger partial charge in [0, 0.05) is 13.1 Å². The number of rotatable bonds is 4. The highest BCUT2D eigenvalue weighted by atomic mass is 32.2. The molecular formula is C10H13N3O6S. The molecule has 2 heterocycles. The standard InChI is InChI=1S/C10H13N3O6S/c14-9(15)6-2-4-13(5-7(6)10(16)17)20(18,19)8-1-3-11-12-8/h1,3,6-7H,2,4-5H2,(H,11,12)(H,14,15)(H,16,17). The summed E-state index contributed by atoms with van der Waals surface area (Å²) in [6.07, 6.45) is 1.23. The zero-order chi connectivity index (χ0) is 14.9. The molecule has 2 rings (SSSR count). The number of aromatic nitrogens is 2. The van der Waals surface area contributed by atoms with Crippen molar-refractivity contribution in [1.82, 2.24) is 14.5 Å². The number of hydrogen-bond donors (Lipinski definition) is 3. The SMILES string of the molecule is O=C(O)C1CCN(S(=O)(=O)c2ccn[nH]2)CC1C(=O)O. The van der Waals surface area contributed by atoms with Crippen molar-refractivity contribution in [3.63, 3.8) is 0 Å². The Morgan fingerprint density at radius 2 is 1.95 bits per heavy atom. The van der Waals surface area contributed by atoms with Crippen molar-refractivity contribution in [2.24, 2.45) is 11.8 Å². The van der Waals surface area contributed by atoms with Crippen molar-refractivity contribution in [1.29, 1.82) is 0 Å². The highest BCUT2D eigenvalue weighted by Gasteiger charge is 2.42. The Bertz CT molecular complexity index is 611. The highest BCUT2D eigenvalue weighted by molar-refractivity contribution is 7.89. The van der Waals surface area contributed by atoms with E-state index in [1.165, 1.54) is 12.3 Å². The summed E-state index contributed by atoms with van der Waals surface area (Å²) in [6, 6.07) is 1.26. The lowest BCUT2D eigenvalue weighted by atomic mass is 9.86. The summed E-state index contributed by atoms with van der Waals surface area (Å²) in [5.74, 6) is -4.89. The van der Waals surface area contributed by atoms with Crippen molar-refractivity contribution in [2.75, 3.05) is 13.1 Å². The van der Waals surface area contributed by atoms with Gasteiger partial charge in [-0.15, -0.1) is 0 Å². The van der Waals surface area contributed by atoms with E-state index in [-0.39, 0.29) is 24.5 Å². The zero-order valence-electron chi connectivity index (χ0n) is 10.3. The summed E-state index contributed by atoms with van der Waals surface area (Å²) in [5.41, 5.74) is 0. The van der Waals surface area contributed by atoms with Gasteiger partial charge in [-0.05, 0) is 12.5 Å². The van der Waals surface area contributed by atoms with Gasteiger partial charge in [0.2, 0.25) is 0 Å². The number of nitrogens with one attached hydrogen (secondary N) is 1. The van der Waals surface area contributed by atoms with Crippen molar-refractivity contribution in [3.05, 3.63) is 12.3 Å². The van der Waals surface area contributed by atoms with Crippen LogP contribution in [0.25, 0.3) is 0 Å². The third kappa shape index (κ3) is 2.51. The molecule has 1 aromatic heterocycles. The lowest BCUT2D eigenvalue weighted by Crippen LogP contribution is -2.48. The molecule has 0 saturated carbocycles. The van der Waals surface area contributed by atoms with E-state index in [0.717, 1.165) is 4.31 Å². The van der Waals surface area contributed by atoms with Crippen LogP contribution in [0.15, 0.2) is 17.3 Å². The second kappa shape index (κ2) is 5.21. The van der Waals surface area contributed by atoms with Gasteiger partial charge in [0.1, 0.15) is 0 Å². The minimum atomic E-state index is -3.88. The summed E-state index contributed by atoms with van der Waals surface area (Å²) >= 11 is 0. The minimum Gasteiger partial charge on any atom is -0.481 e. The van der Waals surface area contributed by atoms with Crippen molar-refractivity contribution >= 4 is 22.0 Å². The number of aliphatic carboxylic acids is 2. The predicted octanol–water partition coefficient (Wildman–Crippen LogP) is -0.794. The highest BCUT2D eigenvalue weighted by Crippen LogP contribution is 2.27. The lowest BCUT2D eigenvalue weighted by Gasteiger charge is -2.33. The van der Waals surface area contributed by atoms with Gasteiger partial charge < -0.3 is 10.2 Å². The van der Waals surface area contributed by atoms with Crippen LogP contribution in [0.1, 0.15) is 6.42 Å². The normalized spacial score (nSPS) is 24.4. The number of carboxylic acids is 2. The molecule has 10 heteroatoms. The average molecular weight is 303 g/mol. The van der Waals surface area contributed by atoms with Crippen LogP contribution in [0.3, 0.4) is 0 Å². The summed E-state index contributed by atoms with van der Waals surface area (Å²) in [7, 11) is -3.88. The van der Waals surface area contributed by atoms with E-state index >= 15 is 0 Å². The molecule has 0 bridgehead atoms. The van der Waals surface area contributed by atoms with Gasteiger partial charge in [-0.1, -0.05) is 0 Å². The first kappa shape index (κ1) is 14.5. The number of aromatic amines is 1. The van der Waals surface area contributed by atoms with Gasteiger partial charge in [-0.2, -0.15) is 9.40 Å². The molecule has 20 heavy (non-hydrogen) atoms. The van der Waals surface area contributed by atoms with Crippen LogP contribution in [0.2, 0.25) is 0 Å². The second-order valence-electron chi connectivity index (χ2n) is 4.46. The predicted molar refractivity (Wildman–Crippen MR) is 64.2 cm³/mol. The van der Waals surface area contributed by atoms with Crippen LogP contribution in [0, 0.1) is 11.8 Å². The second-order valence-corrected chi connectivity index (χ2v) is 6.37. The molecule has 0 spiro atoms. The fourth-order valence-corrected chi connectivity index (χ4v) is 3.59. The smallest absolute Gasteiger partial charge is 0.308 e. The summed E-state index contributed by atoms with van der Waals surface area (Å²) in [6.45, 7) is -0.407. The molecule has 0 amide bonds. The first-order valence-electron chi connectivity index (χ1n) is 5.79. The zero-order valence-corrected chi connectivity index (χ0v) is 11.1. The van der Waals surface area contributed by atoms with Crippen LogP contribution >= 0.6 is 0 Å². The molecule has 1 aliphatic heterocycles. The number of carbonyl (C=O) groups is 2. The summed E-state index contributed by atoms with van der Waals surface area (Å²) in [4.78, 5) is 22.1. The largest absolute Gasteiger partial charge is 0.481 e. The molecule has 9 nitrogen and oxygen atoms in total. The average Bonchev–Trinajstić information content (AvgIpc) is 2.92. The fourth-order valence-electron chi connectivity index (χ4n) is 2.21. The number of hydrogen-bond acceptors (Lipinski definition) is 5. The van der Waals surface area contributed by atoms with Gasteiger partial charge in [0.05, 0.1) is 18.0 Å². The van der Waals surface area contributed by atoms with Gasteiger partial charge in [0.25, 0.3) is 10.0 Å². The fraction of sp³-hybridized carbons (Fsp3) is 0.500. The minimum absolute atomic E-state index is 0.0396. The third-order valence-corrected chi connectivity index (χ3v) is 5.10. The van der Waals surface area contributed by atoms with Gasteiger partial charge in [-0.25, -0.2) is 8.42 Å². The molecule has 0 aromatic carbocycles. The first-order valence-corrected chi connectivity index (χ1v) is 7.23. The van der Waals surface area contributed by atoms with E-state index in [4.69, 9.17) is 10.2 Å². The Kier molecular flexibility index (Phi) is 3.77. The van der Waals surface area contributed by atoms with Crippen molar-refractivity contribution in [3.8, 4) is 0 Å². The Hall–Kier alpha value is -1.94. The van der Waals surface area contributed by atoms with E-state index in [0.29, 0.717) is 0 Å². The summed E-state index contributed by atoms with van der Waals surface area (Å²) in [5, 5.41) is 23.8. The van der Waals surface area contributed by atoms with Crippen molar-refractivity contribution < 1.29 is 28.2 Å². The Labute approximate surface area is 114 Å². The van der Waals surface area contributed by atoms with E-state index < -0.39 is 33.8 Å². The quantitative estimate of drug-likeness (QED) is 0.661. The first-order chi connectivity index (χ1) is 9.34. The molecule has 2 atom stereocenters. The van der Waals surface area contributed by atoms with E-state index in [1.807, 2.05) is 0 Å². The van der Waals surface area contributed by atoms with Crippen LogP contribution in [0.5, 0.6) is 0 Å². The maximum Gasteiger partial charge on any atom is 0.308 e. The topological polar surface area (TPSA) is 141 Å². The number of sulfonamides is 1. The molecular weight excluding hydrogens is 290 g/mol. The van der Waals surface area contributed by atoms with Gasteiger partial charge in [0.15, 0.2) is 5.03 Å². The third-order valence-electron chi connectivity index (χ3n) is 3.30. The monoisotopic (exact) mass is 303 g/mol. The number of nitrogens with zero attached hydrogens (tertiary/aromatic N) is 2. The maximum atomic E-state index is 12.2. The maximum absolute atomic E-state index is 12.2. The Morgan fingerprint density at radius 3 is 2.45 bits per heavy atom. The van der Waals surface area contributed by atoms with Crippen LogP contribution in [-0.2, 0) is 19.6 Å². The molecule has 3 N–H and O–H groups in total. The number of carboxylic acid groups (broad SMARTS) is 2. The van der Waals surface area contributed by atoms with Crippen LogP contribution in [-0.4, -0.2) is 58.2 Å². The van der Waals surface area contributed by atoms with E-state index in [2.05, 4.69) is 10.2 Å². The molecule has 2 unspecified atom stereocenters. The summed E-state index contributed by atoms with van der Waals surface area (Å²) < 4.78 is 25.4. The lowest BCUT2D eigenvalue weighted by molar-refractivity contribution is -0.156. The molecule has 0 aliphatic carbocycles. The van der Waals surface area contributed by atoms with E-state index in [1.54, 1.807) is 0 Å². The van der Waals surface area contributed by atoms with Crippen LogP contribution < -0.4 is 0 Å². The molecule has 1 aromatic rings. The Morgan fingerprint density at radius 1 is 1.30 bits per heavy atom. The number of H-pyrrole nitrogens is 1. The van der Waals surface area contributed by atoms with Gasteiger partial charge >= 0.3 is 11.9 Å². The van der Waals surface area contributed by atoms with Gasteiger partial charge in [-0.3, -0.25) is 14.7 Å². The van der Waals surface area contributed by atoms with Crippen LogP contribution in [0.4, 0.5) is 0 Å². The molecule has 1 saturated heterocycles. The Balaban J connectivity index is 2.25. The molecule has 0 radical (unpaired) electrons. The number of piperidine rings is 1. The molecule has 110 valence electrons. The molecule has 1 fully saturated rings.